The Balaban J connectivity index is 1.87. The molecular formula is C23H25Cl2N3O. The molecule has 0 saturated heterocycles. The SMILES string of the molecule is CCCN1c2cc(Cl)c(/C=N\NC(=O)c3ccccc3Cl)cc2C(C)=CC1(C)C. The molecule has 1 amide bonds. The standard InChI is InChI=1S/C23H25Cl2N3O/c1-5-10-28-21-12-20(25)16(11-18(21)15(2)13-23(28,3)4)14-26-27-22(29)17-8-6-7-9-19(17)24/h6-9,11-14H,5,10H2,1-4H3,(H,27,29)/b26-14-. The van der Waals surface area contributed by atoms with Crippen LogP contribution in [0.25, 0.3) is 5.57 Å². The lowest BCUT2D eigenvalue weighted by Gasteiger charge is -2.43. The minimum atomic E-state index is -0.368. The molecule has 1 heterocycles. The maximum absolute atomic E-state index is 12.3. The van der Waals surface area contributed by atoms with Crippen LogP contribution in [0.2, 0.25) is 10.0 Å². The lowest BCUT2D eigenvalue weighted by Crippen LogP contribution is -2.45. The third kappa shape index (κ3) is 4.49. The van der Waals surface area contributed by atoms with Gasteiger partial charge in [-0.25, -0.2) is 5.43 Å². The molecule has 0 atom stereocenters. The molecule has 0 aliphatic carbocycles. The molecule has 2 aromatic rings. The van der Waals surface area contributed by atoms with Crippen molar-refractivity contribution in [2.75, 3.05) is 11.4 Å². The van der Waals surface area contributed by atoms with E-state index in [0.717, 1.165) is 29.8 Å². The van der Waals surface area contributed by atoms with Gasteiger partial charge in [0.25, 0.3) is 5.91 Å². The molecule has 0 spiro atoms. The first-order valence-electron chi connectivity index (χ1n) is 9.63. The number of halogens is 2. The first-order chi connectivity index (χ1) is 13.7. The van der Waals surface area contributed by atoms with Crippen molar-refractivity contribution in [3.63, 3.8) is 0 Å². The molecule has 1 aliphatic heterocycles. The van der Waals surface area contributed by atoms with E-state index >= 15 is 0 Å². The van der Waals surface area contributed by atoms with Crippen molar-refractivity contribution in [2.45, 2.75) is 39.7 Å². The quantitative estimate of drug-likeness (QED) is 0.456. The number of fused-ring (bicyclic) bond motifs is 1. The van der Waals surface area contributed by atoms with Crippen molar-refractivity contribution in [2.24, 2.45) is 5.10 Å². The number of nitrogens with zero attached hydrogens (tertiary/aromatic N) is 2. The van der Waals surface area contributed by atoms with Gasteiger partial charge in [-0.3, -0.25) is 4.79 Å². The predicted octanol–water partition coefficient (Wildman–Crippen LogP) is 6.17. The van der Waals surface area contributed by atoms with Gasteiger partial charge < -0.3 is 4.90 Å². The molecule has 29 heavy (non-hydrogen) atoms. The summed E-state index contributed by atoms with van der Waals surface area (Å²) in [6, 6.07) is 10.9. The van der Waals surface area contributed by atoms with Gasteiger partial charge >= 0.3 is 0 Å². The number of carbonyl (C=O) groups excluding carboxylic acids is 1. The van der Waals surface area contributed by atoms with E-state index in [1.165, 1.54) is 5.57 Å². The Hall–Kier alpha value is -2.30. The molecule has 2 aromatic carbocycles. The van der Waals surface area contributed by atoms with Gasteiger partial charge in [-0.15, -0.1) is 0 Å². The van der Waals surface area contributed by atoms with Crippen molar-refractivity contribution >= 4 is 46.6 Å². The number of amides is 1. The Morgan fingerprint density at radius 3 is 2.62 bits per heavy atom. The van der Waals surface area contributed by atoms with Gasteiger partial charge in [-0.2, -0.15) is 5.10 Å². The van der Waals surface area contributed by atoms with E-state index in [0.29, 0.717) is 15.6 Å². The first-order valence-corrected chi connectivity index (χ1v) is 10.4. The van der Waals surface area contributed by atoms with Crippen LogP contribution < -0.4 is 10.3 Å². The summed E-state index contributed by atoms with van der Waals surface area (Å²) in [5.41, 5.74) is 7.00. The number of rotatable bonds is 5. The molecule has 0 unspecified atom stereocenters. The fourth-order valence-electron chi connectivity index (χ4n) is 3.71. The van der Waals surface area contributed by atoms with Crippen LogP contribution in [0.5, 0.6) is 0 Å². The Morgan fingerprint density at radius 1 is 1.21 bits per heavy atom. The molecule has 4 nitrogen and oxygen atoms in total. The highest BCUT2D eigenvalue weighted by Crippen LogP contribution is 2.41. The van der Waals surface area contributed by atoms with E-state index < -0.39 is 0 Å². The maximum atomic E-state index is 12.3. The van der Waals surface area contributed by atoms with E-state index in [4.69, 9.17) is 23.2 Å². The molecule has 0 fully saturated rings. The number of nitrogens with one attached hydrogen (secondary N) is 1. The summed E-state index contributed by atoms with van der Waals surface area (Å²) in [4.78, 5) is 14.6. The van der Waals surface area contributed by atoms with Crippen molar-refractivity contribution < 1.29 is 4.79 Å². The second-order valence-electron chi connectivity index (χ2n) is 7.70. The van der Waals surface area contributed by atoms with E-state index in [-0.39, 0.29) is 11.4 Å². The zero-order chi connectivity index (χ0) is 21.2. The van der Waals surface area contributed by atoms with E-state index in [1.54, 1.807) is 30.5 Å². The largest absolute Gasteiger partial charge is 0.362 e. The Bertz CT molecular complexity index is 996. The van der Waals surface area contributed by atoms with Gasteiger partial charge in [-0.05, 0) is 57.0 Å². The van der Waals surface area contributed by atoms with Crippen LogP contribution in [0, 0.1) is 0 Å². The Morgan fingerprint density at radius 2 is 1.93 bits per heavy atom. The predicted molar refractivity (Wildman–Crippen MR) is 123 cm³/mol. The number of carbonyl (C=O) groups is 1. The van der Waals surface area contributed by atoms with Crippen molar-refractivity contribution in [1.29, 1.82) is 0 Å². The van der Waals surface area contributed by atoms with Gasteiger partial charge in [0, 0.05) is 23.4 Å². The number of anilines is 1. The highest BCUT2D eigenvalue weighted by molar-refractivity contribution is 6.34. The molecule has 0 radical (unpaired) electrons. The zero-order valence-corrected chi connectivity index (χ0v) is 18.6. The molecule has 0 bridgehead atoms. The smallest absolute Gasteiger partial charge is 0.272 e. The normalized spacial score (nSPS) is 15.2. The van der Waals surface area contributed by atoms with Crippen LogP contribution in [0.3, 0.4) is 0 Å². The molecule has 0 saturated carbocycles. The molecule has 152 valence electrons. The number of hydrogen-bond donors (Lipinski definition) is 1. The van der Waals surface area contributed by atoms with Gasteiger partial charge in [0.15, 0.2) is 0 Å². The molecule has 0 aromatic heterocycles. The Kier molecular flexibility index (Phi) is 6.35. The van der Waals surface area contributed by atoms with Crippen LogP contribution >= 0.6 is 23.2 Å². The van der Waals surface area contributed by atoms with Gasteiger partial charge in [0.2, 0.25) is 0 Å². The molecular weight excluding hydrogens is 405 g/mol. The van der Waals surface area contributed by atoms with Crippen LogP contribution in [-0.2, 0) is 0 Å². The summed E-state index contributed by atoms with van der Waals surface area (Å²) in [6.45, 7) is 9.65. The van der Waals surface area contributed by atoms with Crippen molar-refractivity contribution in [3.05, 3.63) is 69.2 Å². The van der Waals surface area contributed by atoms with Crippen LogP contribution in [-0.4, -0.2) is 24.2 Å². The third-order valence-electron chi connectivity index (χ3n) is 5.03. The van der Waals surface area contributed by atoms with Gasteiger partial charge in [0.05, 0.1) is 27.4 Å². The van der Waals surface area contributed by atoms with Gasteiger partial charge in [0.1, 0.15) is 0 Å². The second kappa shape index (κ2) is 8.60. The van der Waals surface area contributed by atoms with E-state index in [9.17, 15) is 4.79 Å². The molecule has 1 N–H and O–H groups in total. The fourth-order valence-corrected chi connectivity index (χ4v) is 4.14. The second-order valence-corrected chi connectivity index (χ2v) is 8.52. The van der Waals surface area contributed by atoms with Crippen LogP contribution in [0.4, 0.5) is 5.69 Å². The molecule has 6 heteroatoms. The third-order valence-corrected chi connectivity index (χ3v) is 5.69. The average molecular weight is 430 g/mol. The molecule has 3 rings (SSSR count). The Labute approximate surface area is 182 Å². The lowest BCUT2D eigenvalue weighted by molar-refractivity contribution is 0.0955. The average Bonchev–Trinajstić information content (AvgIpc) is 2.66. The molecule has 1 aliphatic rings. The lowest BCUT2D eigenvalue weighted by atomic mass is 9.88. The minimum Gasteiger partial charge on any atom is -0.362 e. The monoisotopic (exact) mass is 429 g/mol. The fraction of sp³-hybridized carbons (Fsp3) is 0.304. The minimum absolute atomic E-state index is 0.0744. The summed E-state index contributed by atoms with van der Waals surface area (Å²) in [5, 5.41) is 5.05. The van der Waals surface area contributed by atoms with E-state index in [1.807, 2.05) is 12.1 Å². The summed E-state index contributed by atoms with van der Waals surface area (Å²) < 4.78 is 0. The van der Waals surface area contributed by atoms with E-state index in [2.05, 4.69) is 49.2 Å². The maximum Gasteiger partial charge on any atom is 0.272 e. The van der Waals surface area contributed by atoms with Crippen LogP contribution in [0.1, 0.15) is 55.6 Å². The summed E-state index contributed by atoms with van der Waals surface area (Å²) >= 11 is 12.6. The number of hydrazone groups is 1. The summed E-state index contributed by atoms with van der Waals surface area (Å²) in [5.74, 6) is -0.368. The number of allylic oxidation sites excluding steroid dienone is 1. The summed E-state index contributed by atoms with van der Waals surface area (Å²) in [7, 11) is 0. The number of hydrogen-bond acceptors (Lipinski definition) is 3. The highest BCUT2D eigenvalue weighted by atomic mass is 35.5. The highest BCUT2D eigenvalue weighted by Gasteiger charge is 2.31. The summed E-state index contributed by atoms with van der Waals surface area (Å²) in [6.07, 6.45) is 4.89. The van der Waals surface area contributed by atoms with Crippen molar-refractivity contribution in [3.8, 4) is 0 Å². The first kappa shape index (κ1) is 21.4. The van der Waals surface area contributed by atoms with Crippen LogP contribution in [0.15, 0.2) is 47.6 Å². The number of benzene rings is 2. The van der Waals surface area contributed by atoms with Gasteiger partial charge in [-0.1, -0.05) is 48.3 Å². The van der Waals surface area contributed by atoms with Crippen molar-refractivity contribution in [1.82, 2.24) is 5.43 Å². The zero-order valence-electron chi connectivity index (χ0n) is 17.1. The topological polar surface area (TPSA) is 44.7 Å².